The summed E-state index contributed by atoms with van der Waals surface area (Å²) >= 11 is 5.81. The van der Waals surface area contributed by atoms with Gasteiger partial charge < -0.3 is 10.1 Å². The van der Waals surface area contributed by atoms with Crippen LogP contribution in [0, 0.1) is 5.82 Å². The number of hydrogen-bond acceptors (Lipinski definition) is 3. The highest BCUT2D eigenvalue weighted by Crippen LogP contribution is 2.22. The van der Waals surface area contributed by atoms with Crippen molar-refractivity contribution >= 4 is 23.5 Å². The third-order valence-corrected chi connectivity index (χ3v) is 4.59. The lowest BCUT2D eigenvalue weighted by atomic mass is 9.98. The Morgan fingerprint density at radius 1 is 0.931 bits per heavy atom. The van der Waals surface area contributed by atoms with Crippen molar-refractivity contribution in [3.8, 4) is 0 Å². The third kappa shape index (κ3) is 5.21. The van der Waals surface area contributed by atoms with Gasteiger partial charge in [0.25, 0.3) is 5.91 Å². The highest BCUT2D eigenvalue weighted by Gasteiger charge is 2.24. The molecular weight excluding hydrogens is 393 g/mol. The Labute approximate surface area is 173 Å². The van der Waals surface area contributed by atoms with E-state index in [4.69, 9.17) is 16.3 Å². The Morgan fingerprint density at radius 3 is 2.03 bits per heavy atom. The highest BCUT2D eigenvalue weighted by molar-refractivity contribution is 6.30. The molecule has 0 aliphatic carbocycles. The topological polar surface area (TPSA) is 55.4 Å². The van der Waals surface area contributed by atoms with Gasteiger partial charge in [0, 0.05) is 5.02 Å². The van der Waals surface area contributed by atoms with Crippen molar-refractivity contribution in [2.45, 2.75) is 19.1 Å². The van der Waals surface area contributed by atoms with Crippen LogP contribution in [0.4, 0.5) is 4.39 Å². The van der Waals surface area contributed by atoms with Crippen LogP contribution in [0.15, 0.2) is 78.9 Å². The lowest BCUT2D eigenvalue weighted by molar-refractivity contribution is -0.129. The molecule has 0 aliphatic heterocycles. The molecule has 0 saturated heterocycles. The van der Waals surface area contributed by atoms with Crippen LogP contribution in [-0.2, 0) is 9.53 Å². The van der Waals surface area contributed by atoms with Crippen LogP contribution < -0.4 is 5.32 Å². The molecule has 3 aromatic carbocycles. The van der Waals surface area contributed by atoms with Gasteiger partial charge in [0.15, 0.2) is 6.10 Å². The first-order valence-electron chi connectivity index (χ1n) is 9.02. The molecule has 4 nitrogen and oxygen atoms in total. The maximum atomic E-state index is 13.9. The number of ether oxygens (including phenoxy) is 1. The van der Waals surface area contributed by atoms with Gasteiger partial charge in [-0.05, 0) is 36.2 Å². The summed E-state index contributed by atoms with van der Waals surface area (Å²) in [5.41, 5.74) is 1.44. The average Bonchev–Trinajstić information content (AvgIpc) is 2.74. The Kier molecular flexibility index (Phi) is 6.62. The number of nitrogens with one attached hydrogen (secondary N) is 1. The minimum absolute atomic E-state index is 0.198. The van der Waals surface area contributed by atoms with Crippen molar-refractivity contribution in [1.82, 2.24) is 5.32 Å². The summed E-state index contributed by atoms with van der Waals surface area (Å²) < 4.78 is 19.0. The second-order valence-corrected chi connectivity index (χ2v) is 6.87. The fourth-order valence-corrected chi connectivity index (χ4v) is 3.01. The van der Waals surface area contributed by atoms with Gasteiger partial charge in [-0.1, -0.05) is 72.3 Å². The number of benzene rings is 3. The number of carbonyl (C=O) groups excluding carboxylic acids is 2. The summed E-state index contributed by atoms with van der Waals surface area (Å²) in [6.45, 7) is 1.43. The minimum atomic E-state index is -1.13. The maximum absolute atomic E-state index is 13.9. The molecule has 0 radical (unpaired) electrons. The number of halogens is 2. The Morgan fingerprint density at radius 2 is 1.48 bits per heavy atom. The van der Waals surface area contributed by atoms with Crippen molar-refractivity contribution < 1.29 is 18.7 Å². The van der Waals surface area contributed by atoms with Crippen molar-refractivity contribution in [2.75, 3.05) is 0 Å². The Bertz CT molecular complexity index is 956. The van der Waals surface area contributed by atoms with E-state index in [9.17, 15) is 14.0 Å². The van der Waals surface area contributed by atoms with Crippen LogP contribution in [0.25, 0.3) is 0 Å². The summed E-state index contributed by atoms with van der Waals surface area (Å²) in [6.07, 6.45) is -1.13. The highest BCUT2D eigenvalue weighted by atomic mass is 35.5. The van der Waals surface area contributed by atoms with Crippen molar-refractivity contribution in [3.05, 3.63) is 106 Å². The van der Waals surface area contributed by atoms with E-state index >= 15 is 0 Å². The fourth-order valence-electron chi connectivity index (χ4n) is 2.84. The summed E-state index contributed by atoms with van der Waals surface area (Å²) in [5.74, 6) is -2.22. The quantitative estimate of drug-likeness (QED) is 0.585. The molecule has 0 heterocycles. The van der Waals surface area contributed by atoms with Gasteiger partial charge >= 0.3 is 5.97 Å². The zero-order chi connectivity index (χ0) is 20.8. The predicted molar refractivity (Wildman–Crippen MR) is 109 cm³/mol. The van der Waals surface area contributed by atoms with Gasteiger partial charge in [0.1, 0.15) is 5.82 Å². The molecule has 1 atom stereocenters. The standard InChI is InChI=1S/C23H19ClFNO3/c1-15(29-23(28)19-14-18(24)12-13-20(19)25)22(27)26-21(16-8-4-2-5-9-16)17-10-6-3-7-11-17/h2-15,21H,1H3,(H,26,27)/t15-/m0/s1. The summed E-state index contributed by atoms with van der Waals surface area (Å²) in [5, 5.41) is 3.09. The molecule has 3 rings (SSSR count). The first-order chi connectivity index (χ1) is 14.0. The second-order valence-electron chi connectivity index (χ2n) is 6.43. The fraction of sp³-hybridized carbons (Fsp3) is 0.130. The van der Waals surface area contributed by atoms with Crippen LogP contribution in [0.3, 0.4) is 0 Å². The Balaban J connectivity index is 1.75. The zero-order valence-corrected chi connectivity index (χ0v) is 16.4. The molecule has 0 fully saturated rings. The van der Waals surface area contributed by atoms with Crippen LogP contribution in [0.2, 0.25) is 5.02 Å². The molecule has 29 heavy (non-hydrogen) atoms. The molecule has 3 aromatic rings. The third-order valence-electron chi connectivity index (χ3n) is 4.35. The van der Waals surface area contributed by atoms with Gasteiger partial charge in [-0.2, -0.15) is 0 Å². The Hall–Kier alpha value is -3.18. The van der Waals surface area contributed by atoms with Gasteiger partial charge in [-0.15, -0.1) is 0 Å². The smallest absolute Gasteiger partial charge is 0.341 e. The molecule has 6 heteroatoms. The van der Waals surface area contributed by atoms with Gasteiger partial charge in [-0.3, -0.25) is 4.79 Å². The molecule has 1 amide bonds. The number of hydrogen-bond donors (Lipinski definition) is 1. The molecule has 148 valence electrons. The molecule has 0 saturated carbocycles. The molecule has 1 N–H and O–H groups in total. The van der Waals surface area contributed by atoms with Crippen LogP contribution in [-0.4, -0.2) is 18.0 Å². The monoisotopic (exact) mass is 411 g/mol. The molecular formula is C23H19ClFNO3. The first-order valence-corrected chi connectivity index (χ1v) is 9.40. The van der Waals surface area contributed by atoms with Gasteiger partial charge in [-0.25, -0.2) is 9.18 Å². The van der Waals surface area contributed by atoms with E-state index in [-0.39, 0.29) is 10.6 Å². The summed E-state index contributed by atoms with van der Waals surface area (Å²) in [7, 11) is 0. The minimum Gasteiger partial charge on any atom is -0.449 e. The van der Waals surface area contributed by atoms with Crippen molar-refractivity contribution in [1.29, 1.82) is 0 Å². The summed E-state index contributed by atoms with van der Waals surface area (Å²) in [4.78, 5) is 25.0. The zero-order valence-electron chi connectivity index (χ0n) is 15.6. The lowest BCUT2D eigenvalue weighted by Gasteiger charge is -2.22. The largest absolute Gasteiger partial charge is 0.449 e. The van der Waals surface area contributed by atoms with E-state index in [0.717, 1.165) is 17.2 Å². The van der Waals surface area contributed by atoms with E-state index in [2.05, 4.69) is 5.32 Å². The number of esters is 1. The van der Waals surface area contributed by atoms with Crippen LogP contribution >= 0.6 is 11.6 Å². The molecule has 0 aromatic heterocycles. The van der Waals surface area contributed by atoms with Crippen molar-refractivity contribution in [3.63, 3.8) is 0 Å². The molecule has 0 bridgehead atoms. The predicted octanol–water partition coefficient (Wildman–Crippen LogP) is 4.93. The normalized spacial score (nSPS) is 11.7. The number of carbonyl (C=O) groups is 2. The average molecular weight is 412 g/mol. The SMILES string of the molecule is C[C@H](OC(=O)c1cc(Cl)ccc1F)C(=O)NC(c1ccccc1)c1ccccc1. The first kappa shape index (κ1) is 20.6. The van der Waals surface area contributed by atoms with E-state index in [1.54, 1.807) is 0 Å². The van der Waals surface area contributed by atoms with E-state index < -0.39 is 29.8 Å². The van der Waals surface area contributed by atoms with Crippen LogP contribution in [0.1, 0.15) is 34.5 Å². The second kappa shape index (κ2) is 9.34. The molecule has 0 spiro atoms. The van der Waals surface area contributed by atoms with E-state index in [0.29, 0.717) is 0 Å². The number of amides is 1. The van der Waals surface area contributed by atoms with Gasteiger partial charge in [0.05, 0.1) is 11.6 Å². The summed E-state index contributed by atoms with van der Waals surface area (Å²) in [6, 6.07) is 22.0. The maximum Gasteiger partial charge on any atom is 0.341 e. The van der Waals surface area contributed by atoms with Gasteiger partial charge in [0.2, 0.25) is 0 Å². The number of rotatable bonds is 6. The molecule has 0 unspecified atom stereocenters. The molecule has 0 aliphatic rings. The lowest BCUT2D eigenvalue weighted by Crippen LogP contribution is -2.38. The van der Waals surface area contributed by atoms with E-state index in [1.807, 2.05) is 60.7 Å². The van der Waals surface area contributed by atoms with Crippen molar-refractivity contribution in [2.24, 2.45) is 0 Å². The van der Waals surface area contributed by atoms with Crippen LogP contribution in [0.5, 0.6) is 0 Å². The van der Waals surface area contributed by atoms with E-state index in [1.165, 1.54) is 19.1 Å².